The fourth-order valence-electron chi connectivity index (χ4n) is 4.11. The largest absolute Gasteiger partial charge is 0.380 e. The molecule has 0 amide bonds. The van der Waals surface area contributed by atoms with Gasteiger partial charge in [0.05, 0.1) is 47.2 Å². The van der Waals surface area contributed by atoms with Crippen LogP contribution in [0.3, 0.4) is 0 Å². The van der Waals surface area contributed by atoms with Gasteiger partial charge in [0.1, 0.15) is 18.3 Å². The van der Waals surface area contributed by atoms with Gasteiger partial charge in [-0.1, -0.05) is 0 Å². The summed E-state index contributed by atoms with van der Waals surface area (Å²) >= 11 is 0. The molecule has 0 bridgehead atoms. The molecule has 2 fully saturated rings. The van der Waals surface area contributed by atoms with E-state index < -0.39 is 16.7 Å². The minimum Gasteiger partial charge on any atom is -0.380 e. The van der Waals surface area contributed by atoms with Gasteiger partial charge in [-0.2, -0.15) is 14.3 Å². The van der Waals surface area contributed by atoms with Gasteiger partial charge in [-0.3, -0.25) is 9.48 Å². The van der Waals surface area contributed by atoms with Gasteiger partial charge >= 0.3 is 0 Å². The van der Waals surface area contributed by atoms with Crippen LogP contribution in [0.15, 0.2) is 49.3 Å². The van der Waals surface area contributed by atoms with Gasteiger partial charge in [-0.15, -0.1) is 0 Å². The Morgan fingerprint density at radius 3 is 2.67 bits per heavy atom. The number of nitrogens with zero attached hydrogens (tertiary/aromatic N) is 7. The molecule has 4 aromatic heterocycles. The lowest BCUT2D eigenvalue weighted by Crippen LogP contribution is -2.17. The molecule has 0 unspecified atom stereocenters. The summed E-state index contributed by atoms with van der Waals surface area (Å²) in [4.78, 5) is 26.1. The van der Waals surface area contributed by atoms with Gasteiger partial charge in [-0.25, -0.2) is 27.8 Å². The molecule has 2 aliphatic carbocycles. The molecule has 2 aliphatic rings. The maximum atomic E-state index is 12.9. The molecule has 0 aromatic carbocycles. The van der Waals surface area contributed by atoms with Crippen LogP contribution in [0.4, 0.5) is 21.7 Å². The number of Topliss-reactive ketones (excluding diaryl/α,β-unsaturated/α-hetero) is 1. The molecule has 0 aliphatic heterocycles. The van der Waals surface area contributed by atoms with Crippen molar-refractivity contribution < 1.29 is 17.6 Å². The Morgan fingerprint density at radius 2 is 1.90 bits per heavy atom. The first-order valence-corrected chi connectivity index (χ1v) is 14.2. The highest BCUT2D eigenvalue weighted by Crippen LogP contribution is 2.35. The number of nitrogens with one attached hydrogen (secondary N) is 2. The average molecular weight is 552 g/mol. The maximum Gasteiger partial charge on any atom is 0.256 e. The molecule has 2 saturated carbocycles. The Morgan fingerprint density at radius 1 is 1.05 bits per heavy atom. The van der Waals surface area contributed by atoms with Crippen LogP contribution < -0.4 is 10.6 Å². The van der Waals surface area contributed by atoms with Crippen LogP contribution in [-0.2, 0) is 23.1 Å². The zero-order chi connectivity index (χ0) is 27.0. The normalized spacial score (nSPS) is 15.3. The van der Waals surface area contributed by atoms with E-state index in [9.17, 15) is 17.6 Å². The molecule has 2 N–H and O–H groups in total. The van der Waals surface area contributed by atoms with Crippen LogP contribution in [-0.4, -0.2) is 60.0 Å². The van der Waals surface area contributed by atoms with Crippen LogP contribution in [0, 0.1) is 5.92 Å². The minimum absolute atomic E-state index is 0.0209. The third kappa shape index (κ3) is 5.50. The van der Waals surface area contributed by atoms with Crippen molar-refractivity contribution in [2.45, 2.75) is 44.0 Å². The first kappa shape index (κ1) is 25.1. The number of carbonyl (C=O) groups is 1. The van der Waals surface area contributed by atoms with E-state index in [0.29, 0.717) is 53.7 Å². The summed E-state index contributed by atoms with van der Waals surface area (Å²) < 4.78 is 40.1. The van der Waals surface area contributed by atoms with E-state index in [1.807, 2.05) is 0 Å². The molecular formula is C25H26FN9O3S. The molecule has 6 rings (SSSR count). The Hall–Kier alpha value is -4.20. The number of hydrogen-bond acceptors (Lipinski definition) is 10. The van der Waals surface area contributed by atoms with Gasteiger partial charge in [0.2, 0.25) is 0 Å². The van der Waals surface area contributed by atoms with Crippen LogP contribution in [0.1, 0.15) is 41.6 Å². The highest BCUT2D eigenvalue weighted by Gasteiger charge is 2.37. The molecule has 202 valence electrons. The van der Waals surface area contributed by atoms with Gasteiger partial charge in [0, 0.05) is 42.7 Å². The lowest BCUT2D eigenvalue weighted by atomic mass is 10.1. The summed E-state index contributed by atoms with van der Waals surface area (Å²) in [6, 6.07) is 3.40. The van der Waals surface area contributed by atoms with Gasteiger partial charge in [0.25, 0.3) is 10.0 Å². The van der Waals surface area contributed by atoms with Crippen molar-refractivity contribution in [2.24, 2.45) is 5.92 Å². The Balaban J connectivity index is 1.21. The van der Waals surface area contributed by atoms with Crippen LogP contribution >= 0.6 is 0 Å². The van der Waals surface area contributed by atoms with Crippen molar-refractivity contribution in [3.05, 3.63) is 60.4 Å². The number of aromatic nitrogens is 7. The second-order valence-electron chi connectivity index (χ2n) is 9.64. The van der Waals surface area contributed by atoms with E-state index in [1.165, 1.54) is 17.1 Å². The zero-order valence-corrected chi connectivity index (χ0v) is 21.7. The predicted octanol–water partition coefficient (Wildman–Crippen LogP) is 3.19. The molecule has 0 radical (unpaired) electrons. The average Bonchev–Trinajstić information content (AvgIpc) is 3.87. The smallest absolute Gasteiger partial charge is 0.256 e. The second-order valence-corrected chi connectivity index (χ2v) is 11.7. The molecule has 39 heavy (non-hydrogen) atoms. The number of halogens is 1. The van der Waals surface area contributed by atoms with Gasteiger partial charge < -0.3 is 10.6 Å². The zero-order valence-electron chi connectivity index (χ0n) is 20.9. The lowest BCUT2D eigenvalue weighted by Gasteiger charge is -2.13. The number of ketones is 1. The summed E-state index contributed by atoms with van der Waals surface area (Å²) in [6.45, 7) is 0.0828. The fourth-order valence-corrected chi connectivity index (χ4v) is 5.59. The molecule has 4 aromatic rings. The number of carbonyl (C=O) groups excluding carboxylic acids is 1. The SMILES string of the molecule is O=C(c1cnc(Nc2ccnc(-c3cnn(S(=O)(=O)C4CC4)c3)n2)cc1NCc1cnn(CCF)c1)C1CC1. The molecule has 14 heteroatoms. The second kappa shape index (κ2) is 10.2. The third-order valence-electron chi connectivity index (χ3n) is 6.54. The number of anilines is 3. The lowest BCUT2D eigenvalue weighted by molar-refractivity contribution is 0.0968. The summed E-state index contributed by atoms with van der Waals surface area (Å²) in [5, 5.41) is 14.2. The van der Waals surface area contributed by atoms with Crippen molar-refractivity contribution in [3.8, 4) is 11.4 Å². The first-order chi connectivity index (χ1) is 18.9. The standard InChI is InChI=1S/C25H26FN9O3S/c26-6-8-34-14-16(11-30-34)10-28-21-9-23(29-13-20(21)24(36)17-1-2-17)32-22-5-7-27-25(33-22)18-12-31-35(15-18)39(37,38)19-3-4-19/h5,7,9,11-15,17,19H,1-4,6,8,10H2,(H2,27,28,29,32,33). The molecule has 12 nitrogen and oxygen atoms in total. The highest BCUT2D eigenvalue weighted by molar-refractivity contribution is 7.90. The van der Waals surface area contributed by atoms with E-state index >= 15 is 0 Å². The predicted molar refractivity (Wildman–Crippen MR) is 141 cm³/mol. The third-order valence-corrected chi connectivity index (χ3v) is 8.57. The fraction of sp³-hybridized carbons (Fsp3) is 0.360. The van der Waals surface area contributed by atoms with E-state index in [-0.39, 0.29) is 23.5 Å². The summed E-state index contributed by atoms with van der Waals surface area (Å²) in [7, 11) is -3.49. The van der Waals surface area contributed by atoms with Crippen LogP contribution in [0.25, 0.3) is 11.4 Å². The number of hydrogen-bond donors (Lipinski definition) is 2. The minimum atomic E-state index is -3.49. The topological polar surface area (TPSA) is 150 Å². The molecule has 0 atom stereocenters. The van der Waals surface area contributed by atoms with E-state index in [2.05, 4.69) is 35.8 Å². The molecule has 0 saturated heterocycles. The molecule has 4 heterocycles. The Bertz CT molecular complexity index is 1630. The molecular weight excluding hydrogens is 525 g/mol. The number of aryl methyl sites for hydroxylation is 1. The van der Waals surface area contributed by atoms with Crippen molar-refractivity contribution >= 4 is 33.1 Å². The molecule has 0 spiro atoms. The Kier molecular flexibility index (Phi) is 6.54. The van der Waals surface area contributed by atoms with Crippen LogP contribution in [0.5, 0.6) is 0 Å². The van der Waals surface area contributed by atoms with Crippen molar-refractivity contribution in [1.29, 1.82) is 0 Å². The van der Waals surface area contributed by atoms with Crippen LogP contribution in [0.2, 0.25) is 0 Å². The van der Waals surface area contributed by atoms with E-state index in [4.69, 9.17) is 0 Å². The van der Waals surface area contributed by atoms with Crippen molar-refractivity contribution in [2.75, 3.05) is 17.3 Å². The van der Waals surface area contributed by atoms with E-state index in [1.54, 1.807) is 36.9 Å². The summed E-state index contributed by atoms with van der Waals surface area (Å²) in [5.74, 6) is 1.26. The maximum absolute atomic E-state index is 12.9. The van der Waals surface area contributed by atoms with Crippen molar-refractivity contribution in [1.82, 2.24) is 33.9 Å². The number of alkyl halides is 1. The highest BCUT2D eigenvalue weighted by atomic mass is 32.2. The Labute approximate surface area is 223 Å². The van der Waals surface area contributed by atoms with Crippen molar-refractivity contribution in [3.63, 3.8) is 0 Å². The summed E-state index contributed by atoms with van der Waals surface area (Å²) in [5.41, 5.74) is 2.44. The summed E-state index contributed by atoms with van der Waals surface area (Å²) in [6.07, 6.45) is 12.4. The monoisotopic (exact) mass is 551 g/mol. The number of rotatable bonds is 12. The first-order valence-electron chi connectivity index (χ1n) is 12.7. The van der Waals surface area contributed by atoms with Gasteiger partial charge in [-0.05, 0) is 31.7 Å². The number of pyridine rings is 1. The van der Waals surface area contributed by atoms with Gasteiger partial charge in [0.15, 0.2) is 11.6 Å². The quantitative estimate of drug-likeness (QED) is 0.251. The van der Waals surface area contributed by atoms with E-state index in [0.717, 1.165) is 22.5 Å².